The van der Waals surface area contributed by atoms with Crippen LogP contribution in [-0.2, 0) is 5.54 Å². The molecule has 2 aromatic rings. The predicted molar refractivity (Wildman–Crippen MR) is 80.5 cm³/mol. The van der Waals surface area contributed by atoms with Crippen LogP contribution < -0.4 is 10.5 Å². The van der Waals surface area contributed by atoms with E-state index in [9.17, 15) is 4.39 Å². The molecule has 0 radical (unpaired) electrons. The molecule has 0 atom stereocenters. The van der Waals surface area contributed by atoms with Crippen LogP contribution in [0.15, 0.2) is 23.6 Å². The van der Waals surface area contributed by atoms with Gasteiger partial charge in [-0.15, -0.1) is 11.3 Å². The van der Waals surface area contributed by atoms with Crippen LogP contribution in [0, 0.1) is 5.82 Å². The summed E-state index contributed by atoms with van der Waals surface area (Å²) in [5, 5.41) is 2.67. The van der Waals surface area contributed by atoms with Gasteiger partial charge in [-0.05, 0) is 25.0 Å². The Hall–Kier alpha value is -1.46. The normalized spacial score (nSPS) is 11.7. The highest BCUT2D eigenvalue weighted by atomic mass is 32.1. The van der Waals surface area contributed by atoms with Gasteiger partial charge in [-0.1, -0.05) is 19.9 Å². The zero-order chi connectivity index (χ0) is 14.8. The van der Waals surface area contributed by atoms with E-state index >= 15 is 0 Å². The summed E-state index contributed by atoms with van der Waals surface area (Å²) < 4.78 is 19.3. The fraction of sp³-hybridized carbons (Fsp3) is 0.400. The van der Waals surface area contributed by atoms with Gasteiger partial charge in [-0.2, -0.15) is 0 Å². The number of aromatic nitrogens is 1. The maximum absolute atomic E-state index is 14.0. The van der Waals surface area contributed by atoms with Gasteiger partial charge in [0.1, 0.15) is 16.6 Å². The Morgan fingerprint density at radius 3 is 2.65 bits per heavy atom. The van der Waals surface area contributed by atoms with Gasteiger partial charge < -0.3 is 10.5 Å². The molecule has 0 aliphatic heterocycles. The second kappa shape index (κ2) is 5.89. The SMILES string of the molecule is CCC(N)(CC)c1nc(-c2c(F)cccc2OC)cs1. The lowest BCUT2D eigenvalue weighted by atomic mass is 9.95. The minimum absolute atomic E-state index is 0.336. The highest BCUT2D eigenvalue weighted by Crippen LogP contribution is 2.36. The van der Waals surface area contributed by atoms with Gasteiger partial charge in [-0.25, -0.2) is 9.37 Å². The molecule has 0 unspecified atom stereocenters. The molecule has 0 spiro atoms. The van der Waals surface area contributed by atoms with Crippen LogP contribution in [0.1, 0.15) is 31.7 Å². The summed E-state index contributed by atoms with van der Waals surface area (Å²) in [5.74, 6) is 0.147. The van der Waals surface area contributed by atoms with E-state index < -0.39 is 5.54 Å². The largest absolute Gasteiger partial charge is 0.496 e. The van der Waals surface area contributed by atoms with Crippen LogP contribution in [0.25, 0.3) is 11.3 Å². The van der Waals surface area contributed by atoms with Crippen LogP contribution in [0.5, 0.6) is 5.75 Å². The van der Waals surface area contributed by atoms with E-state index in [1.54, 1.807) is 12.1 Å². The third kappa shape index (κ3) is 2.55. The van der Waals surface area contributed by atoms with Gasteiger partial charge in [0.2, 0.25) is 0 Å². The first kappa shape index (κ1) is 14.9. The molecule has 0 bridgehead atoms. The lowest BCUT2D eigenvalue weighted by Gasteiger charge is -2.23. The maximum atomic E-state index is 14.0. The van der Waals surface area contributed by atoms with Crippen molar-refractivity contribution in [3.63, 3.8) is 0 Å². The molecule has 108 valence electrons. The first-order chi connectivity index (χ1) is 9.55. The lowest BCUT2D eigenvalue weighted by molar-refractivity contribution is 0.409. The van der Waals surface area contributed by atoms with Gasteiger partial charge in [-0.3, -0.25) is 0 Å². The number of benzene rings is 1. The number of nitrogens with zero attached hydrogens (tertiary/aromatic N) is 1. The molecule has 20 heavy (non-hydrogen) atoms. The van der Waals surface area contributed by atoms with E-state index in [1.165, 1.54) is 24.5 Å². The number of hydrogen-bond donors (Lipinski definition) is 1. The van der Waals surface area contributed by atoms with Crippen molar-refractivity contribution in [3.05, 3.63) is 34.4 Å². The van der Waals surface area contributed by atoms with Crippen molar-refractivity contribution in [3.8, 4) is 17.0 Å². The van der Waals surface area contributed by atoms with E-state index in [1.807, 2.05) is 19.2 Å². The van der Waals surface area contributed by atoms with Crippen LogP contribution in [0.3, 0.4) is 0 Å². The van der Waals surface area contributed by atoms with Gasteiger partial charge in [0.15, 0.2) is 0 Å². The summed E-state index contributed by atoms with van der Waals surface area (Å²) in [7, 11) is 1.52. The Bertz CT molecular complexity index is 593. The molecule has 0 saturated heterocycles. The quantitative estimate of drug-likeness (QED) is 0.909. The number of halogens is 1. The van der Waals surface area contributed by atoms with Crippen molar-refractivity contribution in [2.75, 3.05) is 7.11 Å². The standard InChI is InChI=1S/C15H19FN2OS/c1-4-15(17,5-2)14-18-11(9-20-14)13-10(16)7-6-8-12(13)19-3/h6-9H,4-5,17H2,1-3H3. The fourth-order valence-electron chi connectivity index (χ4n) is 2.09. The Kier molecular flexibility index (Phi) is 4.40. The third-order valence-electron chi connectivity index (χ3n) is 3.64. The van der Waals surface area contributed by atoms with Gasteiger partial charge in [0.05, 0.1) is 23.9 Å². The van der Waals surface area contributed by atoms with Crippen LogP contribution >= 0.6 is 11.3 Å². The molecule has 3 nitrogen and oxygen atoms in total. The number of ether oxygens (including phenoxy) is 1. The van der Waals surface area contributed by atoms with Crippen molar-refractivity contribution in [1.82, 2.24) is 4.98 Å². The number of nitrogens with two attached hydrogens (primary N) is 1. The van der Waals surface area contributed by atoms with Crippen LogP contribution in [0.2, 0.25) is 0 Å². The maximum Gasteiger partial charge on any atom is 0.136 e. The molecule has 1 heterocycles. The highest BCUT2D eigenvalue weighted by Gasteiger charge is 2.27. The summed E-state index contributed by atoms with van der Waals surface area (Å²) in [5.41, 5.74) is 6.87. The summed E-state index contributed by atoms with van der Waals surface area (Å²) in [6, 6.07) is 4.76. The molecular formula is C15H19FN2OS. The summed E-state index contributed by atoms with van der Waals surface area (Å²) in [6.45, 7) is 4.07. The average molecular weight is 294 g/mol. The molecule has 0 aliphatic rings. The lowest BCUT2D eigenvalue weighted by Crippen LogP contribution is -2.34. The topological polar surface area (TPSA) is 48.1 Å². The number of hydrogen-bond acceptors (Lipinski definition) is 4. The smallest absolute Gasteiger partial charge is 0.136 e. The molecule has 5 heteroatoms. The molecule has 0 fully saturated rings. The summed E-state index contributed by atoms with van der Waals surface area (Å²) in [6.07, 6.45) is 1.59. The van der Waals surface area contributed by atoms with Gasteiger partial charge in [0.25, 0.3) is 0 Å². The predicted octanol–water partition coefficient (Wildman–Crippen LogP) is 3.93. The summed E-state index contributed by atoms with van der Waals surface area (Å²) in [4.78, 5) is 4.54. The van der Waals surface area contributed by atoms with E-state index in [0.717, 1.165) is 17.8 Å². The Labute approximate surface area is 122 Å². The first-order valence-corrected chi connectivity index (χ1v) is 7.51. The highest BCUT2D eigenvalue weighted by molar-refractivity contribution is 7.10. The summed E-state index contributed by atoms with van der Waals surface area (Å²) >= 11 is 1.47. The number of methoxy groups -OCH3 is 1. The van der Waals surface area contributed by atoms with Crippen molar-refractivity contribution >= 4 is 11.3 Å². The van der Waals surface area contributed by atoms with Gasteiger partial charge >= 0.3 is 0 Å². The van der Waals surface area contributed by atoms with E-state index in [0.29, 0.717) is 17.0 Å². The molecular weight excluding hydrogens is 275 g/mol. The Morgan fingerprint density at radius 2 is 2.05 bits per heavy atom. The van der Waals surface area contributed by atoms with Crippen LogP contribution in [0.4, 0.5) is 4.39 Å². The third-order valence-corrected chi connectivity index (χ3v) is 4.71. The minimum Gasteiger partial charge on any atom is -0.496 e. The monoisotopic (exact) mass is 294 g/mol. The molecule has 0 aliphatic carbocycles. The van der Waals surface area contributed by atoms with Gasteiger partial charge in [0, 0.05) is 5.38 Å². The zero-order valence-corrected chi connectivity index (χ0v) is 12.8. The average Bonchev–Trinajstić information content (AvgIpc) is 2.96. The number of thiazole rings is 1. The molecule has 1 aromatic heterocycles. The van der Waals surface area contributed by atoms with E-state index in [-0.39, 0.29) is 5.82 Å². The van der Waals surface area contributed by atoms with E-state index in [4.69, 9.17) is 10.5 Å². The van der Waals surface area contributed by atoms with Crippen molar-refractivity contribution in [2.24, 2.45) is 5.73 Å². The van der Waals surface area contributed by atoms with E-state index in [2.05, 4.69) is 4.98 Å². The fourth-order valence-corrected chi connectivity index (χ4v) is 3.16. The second-order valence-electron chi connectivity index (χ2n) is 4.72. The first-order valence-electron chi connectivity index (χ1n) is 6.63. The van der Waals surface area contributed by atoms with Crippen molar-refractivity contribution < 1.29 is 9.13 Å². The molecule has 2 rings (SSSR count). The molecule has 2 N–H and O–H groups in total. The minimum atomic E-state index is -0.443. The zero-order valence-electron chi connectivity index (χ0n) is 11.9. The van der Waals surface area contributed by atoms with Crippen molar-refractivity contribution in [2.45, 2.75) is 32.2 Å². The Balaban J connectivity index is 2.49. The van der Waals surface area contributed by atoms with Crippen molar-refractivity contribution in [1.29, 1.82) is 0 Å². The van der Waals surface area contributed by atoms with Crippen LogP contribution in [-0.4, -0.2) is 12.1 Å². The Morgan fingerprint density at radius 1 is 1.35 bits per heavy atom. The number of rotatable bonds is 5. The molecule has 1 aromatic carbocycles. The second-order valence-corrected chi connectivity index (χ2v) is 5.58. The molecule has 0 amide bonds. The molecule has 0 saturated carbocycles.